The number of halogens is 1. The molecule has 1 fully saturated rings. The standard InChI is InChI=1S/C22H20FN5O/c1-16-5-10-21(28-25-11-12-26-28)20(14-16)22(29)27-13-3-2-4-19(27)9-8-18-7-6-17(23)15-24-18/h5-7,10-12,14-15,19H,2-4,13H2,1H3. The van der Waals surface area contributed by atoms with Gasteiger partial charge in [0.05, 0.1) is 35.9 Å². The van der Waals surface area contributed by atoms with E-state index in [1.807, 2.05) is 30.0 Å². The van der Waals surface area contributed by atoms with Crippen molar-refractivity contribution in [2.75, 3.05) is 6.54 Å². The van der Waals surface area contributed by atoms with Crippen LogP contribution in [-0.2, 0) is 0 Å². The molecule has 1 aliphatic rings. The van der Waals surface area contributed by atoms with Crippen molar-refractivity contribution in [3.63, 3.8) is 0 Å². The van der Waals surface area contributed by atoms with Gasteiger partial charge in [-0.3, -0.25) is 4.79 Å². The number of piperidine rings is 1. The molecule has 2 aromatic heterocycles. The van der Waals surface area contributed by atoms with Gasteiger partial charge in [-0.2, -0.15) is 15.0 Å². The number of rotatable bonds is 2. The maximum Gasteiger partial charge on any atom is 0.257 e. The highest BCUT2D eigenvalue weighted by Crippen LogP contribution is 2.23. The van der Waals surface area contributed by atoms with Crippen LogP contribution in [0.4, 0.5) is 4.39 Å². The number of benzene rings is 1. The van der Waals surface area contributed by atoms with Crippen LogP contribution >= 0.6 is 0 Å². The summed E-state index contributed by atoms with van der Waals surface area (Å²) in [6.07, 6.45) is 7.03. The van der Waals surface area contributed by atoms with Gasteiger partial charge in [0.1, 0.15) is 11.5 Å². The Labute approximate surface area is 168 Å². The summed E-state index contributed by atoms with van der Waals surface area (Å²) in [6.45, 7) is 2.58. The summed E-state index contributed by atoms with van der Waals surface area (Å²) in [5.41, 5.74) is 2.67. The molecule has 1 saturated heterocycles. The Morgan fingerprint density at radius 3 is 2.76 bits per heavy atom. The minimum Gasteiger partial charge on any atom is -0.325 e. The maximum absolute atomic E-state index is 13.5. The van der Waals surface area contributed by atoms with Crippen LogP contribution in [0.15, 0.2) is 48.9 Å². The van der Waals surface area contributed by atoms with Crippen molar-refractivity contribution >= 4 is 5.91 Å². The second-order valence-electron chi connectivity index (χ2n) is 6.98. The summed E-state index contributed by atoms with van der Waals surface area (Å²) >= 11 is 0. The summed E-state index contributed by atoms with van der Waals surface area (Å²) in [5.74, 6) is 5.65. The molecule has 0 N–H and O–H groups in total. The van der Waals surface area contributed by atoms with Crippen LogP contribution < -0.4 is 0 Å². The van der Waals surface area contributed by atoms with Crippen molar-refractivity contribution in [2.45, 2.75) is 32.2 Å². The van der Waals surface area contributed by atoms with E-state index in [0.29, 0.717) is 23.5 Å². The highest BCUT2D eigenvalue weighted by molar-refractivity contribution is 5.98. The molecule has 0 spiro atoms. The first-order valence-electron chi connectivity index (χ1n) is 9.53. The molecular weight excluding hydrogens is 369 g/mol. The Hall–Kier alpha value is -3.53. The zero-order valence-corrected chi connectivity index (χ0v) is 16.0. The summed E-state index contributed by atoms with van der Waals surface area (Å²) in [6, 6.07) is 8.30. The lowest BCUT2D eigenvalue weighted by Crippen LogP contribution is -2.43. The van der Waals surface area contributed by atoms with Crippen LogP contribution in [-0.4, -0.2) is 43.4 Å². The smallest absolute Gasteiger partial charge is 0.257 e. The predicted octanol–water partition coefficient (Wildman–Crippen LogP) is 3.16. The number of carbonyl (C=O) groups excluding carboxylic acids is 1. The lowest BCUT2D eigenvalue weighted by atomic mass is 10.00. The summed E-state index contributed by atoms with van der Waals surface area (Å²) < 4.78 is 13.0. The molecular formula is C22H20FN5O. The highest BCUT2D eigenvalue weighted by atomic mass is 19.1. The van der Waals surface area contributed by atoms with Crippen molar-refractivity contribution in [2.24, 2.45) is 0 Å². The molecule has 146 valence electrons. The third-order valence-electron chi connectivity index (χ3n) is 4.87. The first-order valence-corrected chi connectivity index (χ1v) is 9.53. The quantitative estimate of drug-likeness (QED) is 0.632. The third-order valence-corrected chi connectivity index (χ3v) is 4.87. The number of hydrogen-bond donors (Lipinski definition) is 0. The van der Waals surface area contributed by atoms with Crippen LogP contribution in [0, 0.1) is 24.6 Å². The normalized spacial score (nSPS) is 16.2. The first kappa shape index (κ1) is 18.8. The second-order valence-corrected chi connectivity index (χ2v) is 6.98. The van der Waals surface area contributed by atoms with Crippen LogP contribution in [0.3, 0.4) is 0 Å². The van der Waals surface area contributed by atoms with Crippen LogP contribution in [0.5, 0.6) is 0 Å². The SMILES string of the molecule is Cc1ccc(-n2nccn2)c(C(=O)N2CCCCC2C#Cc2ccc(F)cn2)c1. The maximum atomic E-state index is 13.5. The molecule has 1 aliphatic heterocycles. The Bertz CT molecular complexity index is 1070. The van der Waals surface area contributed by atoms with E-state index < -0.39 is 5.82 Å². The molecule has 3 heterocycles. The van der Waals surface area contributed by atoms with Crippen molar-refractivity contribution in [3.8, 4) is 17.5 Å². The number of pyridine rings is 1. The number of amides is 1. The molecule has 1 amide bonds. The van der Waals surface area contributed by atoms with Crippen LogP contribution in [0.25, 0.3) is 5.69 Å². The van der Waals surface area contributed by atoms with Crippen LogP contribution in [0.1, 0.15) is 40.9 Å². The lowest BCUT2D eigenvalue weighted by molar-refractivity contribution is 0.0672. The predicted molar refractivity (Wildman–Crippen MR) is 106 cm³/mol. The second kappa shape index (κ2) is 8.23. The van der Waals surface area contributed by atoms with E-state index in [1.165, 1.54) is 10.9 Å². The fraction of sp³-hybridized carbons (Fsp3) is 0.273. The van der Waals surface area contributed by atoms with Gasteiger partial charge in [0.15, 0.2) is 0 Å². The van der Waals surface area contributed by atoms with Gasteiger partial charge in [-0.25, -0.2) is 9.37 Å². The Kier molecular flexibility index (Phi) is 5.34. The van der Waals surface area contributed by atoms with E-state index in [-0.39, 0.29) is 11.9 Å². The Balaban J connectivity index is 1.65. The molecule has 1 aromatic carbocycles. The van der Waals surface area contributed by atoms with Gasteiger partial charge in [0.25, 0.3) is 5.91 Å². The molecule has 0 saturated carbocycles. The van der Waals surface area contributed by atoms with E-state index in [1.54, 1.807) is 18.5 Å². The molecule has 1 atom stereocenters. The first-order chi connectivity index (χ1) is 14.1. The molecule has 29 heavy (non-hydrogen) atoms. The zero-order chi connectivity index (χ0) is 20.2. The number of aryl methyl sites for hydroxylation is 1. The molecule has 6 nitrogen and oxygen atoms in total. The number of nitrogens with zero attached hydrogens (tertiary/aromatic N) is 5. The monoisotopic (exact) mass is 389 g/mol. The minimum absolute atomic E-state index is 0.0907. The Morgan fingerprint density at radius 2 is 2.00 bits per heavy atom. The minimum atomic E-state index is -0.399. The summed E-state index contributed by atoms with van der Waals surface area (Å²) in [5, 5.41) is 8.35. The molecule has 0 radical (unpaired) electrons. The van der Waals surface area contributed by atoms with E-state index in [4.69, 9.17) is 0 Å². The van der Waals surface area contributed by atoms with Gasteiger partial charge in [-0.05, 0) is 56.4 Å². The zero-order valence-electron chi connectivity index (χ0n) is 16.0. The molecule has 4 rings (SSSR count). The van der Waals surface area contributed by atoms with E-state index in [9.17, 15) is 9.18 Å². The molecule has 0 aliphatic carbocycles. The molecule has 7 heteroatoms. The van der Waals surface area contributed by atoms with Gasteiger partial charge >= 0.3 is 0 Å². The average molecular weight is 389 g/mol. The van der Waals surface area contributed by atoms with Gasteiger partial charge in [0.2, 0.25) is 0 Å². The van der Waals surface area contributed by atoms with Gasteiger partial charge in [0, 0.05) is 6.54 Å². The Morgan fingerprint density at radius 1 is 1.17 bits per heavy atom. The van der Waals surface area contributed by atoms with Crippen molar-refractivity contribution in [3.05, 3.63) is 71.6 Å². The van der Waals surface area contributed by atoms with E-state index in [0.717, 1.165) is 31.0 Å². The van der Waals surface area contributed by atoms with Crippen molar-refractivity contribution in [1.29, 1.82) is 0 Å². The van der Waals surface area contributed by atoms with E-state index >= 15 is 0 Å². The van der Waals surface area contributed by atoms with Crippen molar-refractivity contribution in [1.82, 2.24) is 24.9 Å². The molecule has 0 bridgehead atoms. The van der Waals surface area contributed by atoms with Gasteiger partial charge in [-0.15, -0.1) is 0 Å². The summed E-state index contributed by atoms with van der Waals surface area (Å²) in [7, 11) is 0. The number of carbonyl (C=O) groups is 1. The third kappa shape index (κ3) is 4.16. The highest BCUT2D eigenvalue weighted by Gasteiger charge is 2.28. The molecule has 1 unspecified atom stereocenters. The van der Waals surface area contributed by atoms with E-state index in [2.05, 4.69) is 27.0 Å². The fourth-order valence-corrected chi connectivity index (χ4v) is 3.42. The average Bonchev–Trinajstić information content (AvgIpc) is 3.28. The lowest BCUT2D eigenvalue weighted by Gasteiger charge is -2.33. The van der Waals surface area contributed by atoms with Crippen molar-refractivity contribution < 1.29 is 9.18 Å². The van der Waals surface area contributed by atoms with Gasteiger partial charge in [-0.1, -0.05) is 17.6 Å². The largest absolute Gasteiger partial charge is 0.325 e. The van der Waals surface area contributed by atoms with Crippen LogP contribution in [0.2, 0.25) is 0 Å². The van der Waals surface area contributed by atoms with Gasteiger partial charge < -0.3 is 4.90 Å². The molecule has 3 aromatic rings. The number of likely N-dealkylation sites (tertiary alicyclic amines) is 1. The number of aromatic nitrogens is 4. The number of hydrogen-bond acceptors (Lipinski definition) is 4. The topological polar surface area (TPSA) is 63.9 Å². The fourth-order valence-electron chi connectivity index (χ4n) is 3.42. The summed E-state index contributed by atoms with van der Waals surface area (Å²) in [4.78, 5) is 20.7.